The largest absolute Gasteiger partial charge is 0.468 e. The first-order valence-electron chi connectivity index (χ1n) is 6.20. The minimum atomic E-state index is 0.0462. The quantitative estimate of drug-likeness (QED) is 0.887. The maximum atomic E-state index is 5.77. The monoisotopic (exact) mass is 247 g/mol. The molecule has 0 saturated carbocycles. The first-order valence-corrected chi connectivity index (χ1v) is 6.20. The van der Waals surface area contributed by atoms with Crippen molar-refractivity contribution in [1.29, 1.82) is 0 Å². The molecule has 96 valence electrons. The van der Waals surface area contributed by atoms with E-state index in [0.717, 1.165) is 37.6 Å². The van der Waals surface area contributed by atoms with Gasteiger partial charge in [-0.3, -0.25) is 4.68 Å². The van der Waals surface area contributed by atoms with Crippen LogP contribution in [-0.4, -0.2) is 22.9 Å². The van der Waals surface area contributed by atoms with Crippen molar-refractivity contribution in [2.75, 3.05) is 13.2 Å². The molecule has 0 amide bonds. The van der Waals surface area contributed by atoms with Gasteiger partial charge in [0, 0.05) is 19.8 Å². The Balaban J connectivity index is 1.60. The number of nitrogens with one attached hydrogen (secondary N) is 1. The summed E-state index contributed by atoms with van der Waals surface area (Å²) in [5.74, 6) is 0.937. The zero-order valence-corrected chi connectivity index (χ0v) is 10.4. The molecular formula is C13H17N3O2. The molecule has 0 spiro atoms. The van der Waals surface area contributed by atoms with Gasteiger partial charge in [-0.15, -0.1) is 0 Å². The molecule has 0 unspecified atom stereocenters. The Morgan fingerprint density at radius 3 is 3.33 bits per heavy atom. The van der Waals surface area contributed by atoms with E-state index in [4.69, 9.17) is 9.15 Å². The summed E-state index contributed by atoms with van der Waals surface area (Å²) >= 11 is 0. The summed E-state index contributed by atoms with van der Waals surface area (Å²) in [6, 6.07) is 3.85. The lowest BCUT2D eigenvalue weighted by molar-refractivity contribution is 0.0391. The minimum absolute atomic E-state index is 0.0462. The third-order valence-electron chi connectivity index (χ3n) is 3.14. The normalized spacial score (nSPS) is 18.8. The highest BCUT2D eigenvalue weighted by Crippen LogP contribution is 2.24. The van der Waals surface area contributed by atoms with Crippen molar-refractivity contribution >= 4 is 0 Å². The van der Waals surface area contributed by atoms with Gasteiger partial charge in [-0.25, -0.2) is 0 Å². The number of furan rings is 1. The molecule has 1 N–H and O–H groups in total. The van der Waals surface area contributed by atoms with Gasteiger partial charge in [0.25, 0.3) is 0 Å². The zero-order valence-electron chi connectivity index (χ0n) is 10.4. The number of aryl methyl sites for hydroxylation is 1. The fourth-order valence-electron chi connectivity index (χ4n) is 2.30. The number of fused-ring (bicyclic) bond motifs is 1. The molecule has 5 heteroatoms. The lowest BCUT2D eigenvalue weighted by atomic mass is 10.1. The third-order valence-corrected chi connectivity index (χ3v) is 3.14. The van der Waals surface area contributed by atoms with Crippen molar-refractivity contribution in [2.24, 2.45) is 7.05 Å². The van der Waals surface area contributed by atoms with Crippen molar-refractivity contribution in [3.8, 4) is 0 Å². The first kappa shape index (κ1) is 11.5. The van der Waals surface area contributed by atoms with Gasteiger partial charge >= 0.3 is 0 Å². The smallest absolute Gasteiger partial charge is 0.117 e. The van der Waals surface area contributed by atoms with Crippen molar-refractivity contribution < 1.29 is 9.15 Å². The van der Waals surface area contributed by atoms with E-state index in [0.29, 0.717) is 0 Å². The number of hydrogen-bond acceptors (Lipinski definition) is 4. The lowest BCUT2D eigenvalue weighted by Gasteiger charge is -2.22. The van der Waals surface area contributed by atoms with Crippen LogP contribution in [0.25, 0.3) is 0 Å². The molecule has 0 radical (unpaired) electrons. The molecule has 1 aliphatic rings. The van der Waals surface area contributed by atoms with E-state index in [9.17, 15) is 0 Å². The average Bonchev–Trinajstić information content (AvgIpc) is 2.97. The van der Waals surface area contributed by atoms with E-state index in [1.54, 1.807) is 6.26 Å². The summed E-state index contributed by atoms with van der Waals surface area (Å²) in [5, 5.41) is 7.82. The van der Waals surface area contributed by atoms with Crippen LogP contribution in [0.1, 0.15) is 23.1 Å². The summed E-state index contributed by atoms with van der Waals surface area (Å²) in [7, 11) is 1.95. The van der Waals surface area contributed by atoms with Gasteiger partial charge in [0.1, 0.15) is 11.9 Å². The molecule has 3 rings (SSSR count). The van der Waals surface area contributed by atoms with Gasteiger partial charge in [0.05, 0.1) is 25.1 Å². The second kappa shape index (κ2) is 4.96. The highest BCUT2D eigenvalue weighted by Gasteiger charge is 2.23. The van der Waals surface area contributed by atoms with Crippen molar-refractivity contribution in [2.45, 2.75) is 19.1 Å². The number of aromatic nitrogens is 2. The van der Waals surface area contributed by atoms with Gasteiger partial charge in [-0.2, -0.15) is 5.10 Å². The number of ether oxygens (including phenoxy) is 1. The highest BCUT2D eigenvalue weighted by molar-refractivity contribution is 5.22. The Morgan fingerprint density at radius 2 is 2.50 bits per heavy atom. The molecule has 18 heavy (non-hydrogen) atoms. The van der Waals surface area contributed by atoms with Crippen LogP contribution >= 0.6 is 0 Å². The van der Waals surface area contributed by atoms with Crippen LogP contribution in [0.15, 0.2) is 29.0 Å². The maximum absolute atomic E-state index is 5.77. The molecule has 5 nitrogen and oxygen atoms in total. The predicted octanol–water partition coefficient (Wildman–Crippen LogP) is 1.42. The Morgan fingerprint density at radius 1 is 1.56 bits per heavy atom. The fourth-order valence-corrected chi connectivity index (χ4v) is 2.30. The van der Waals surface area contributed by atoms with Gasteiger partial charge in [0.15, 0.2) is 0 Å². The third kappa shape index (κ3) is 2.32. The summed E-state index contributed by atoms with van der Waals surface area (Å²) in [5.41, 5.74) is 2.37. The predicted molar refractivity (Wildman–Crippen MR) is 66.0 cm³/mol. The standard InChI is InChI=1S/C13H17N3O2/c1-16-9-10-4-6-18-12(13(10)15-16)8-14-7-11-3-2-5-17-11/h2-3,5,9,12,14H,4,6-8H2,1H3/t12-/m1/s1. The van der Waals surface area contributed by atoms with E-state index >= 15 is 0 Å². The molecule has 0 saturated heterocycles. The minimum Gasteiger partial charge on any atom is -0.468 e. The van der Waals surface area contributed by atoms with E-state index in [2.05, 4.69) is 16.6 Å². The first-order chi connectivity index (χ1) is 8.83. The summed E-state index contributed by atoms with van der Waals surface area (Å²) in [6.45, 7) is 2.24. The van der Waals surface area contributed by atoms with Crippen LogP contribution in [0.5, 0.6) is 0 Å². The second-order valence-corrected chi connectivity index (χ2v) is 4.53. The molecule has 1 aliphatic heterocycles. The maximum Gasteiger partial charge on any atom is 0.117 e. The molecular weight excluding hydrogens is 230 g/mol. The molecule has 0 aromatic carbocycles. The van der Waals surface area contributed by atoms with Crippen LogP contribution in [0.2, 0.25) is 0 Å². The van der Waals surface area contributed by atoms with Gasteiger partial charge in [-0.1, -0.05) is 0 Å². The van der Waals surface area contributed by atoms with Crippen LogP contribution in [0.4, 0.5) is 0 Å². The molecule has 3 heterocycles. The molecule has 0 bridgehead atoms. The van der Waals surface area contributed by atoms with Crippen LogP contribution in [0.3, 0.4) is 0 Å². The lowest BCUT2D eigenvalue weighted by Crippen LogP contribution is -2.27. The Labute approximate surface area is 106 Å². The van der Waals surface area contributed by atoms with Crippen LogP contribution in [0, 0.1) is 0 Å². The van der Waals surface area contributed by atoms with E-state index in [1.165, 1.54) is 5.56 Å². The van der Waals surface area contributed by atoms with Gasteiger partial charge < -0.3 is 14.5 Å². The Bertz CT molecular complexity index is 504. The fraction of sp³-hybridized carbons (Fsp3) is 0.462. The molecule has 1 atom stereocenters. The number of rotatable bonds is 4. The second-order valence-electron chi connectivity index (χ2n) is 4.53. The van der Waals surface area contributed by atoms with Gasteiger partial charge in [-0.05, 0) is 24.1 Å². The SMILES string of the molecule is Cn1cc2c(n1)[C@@H](CNCc1ccco1)OCC2. The van der Waals surface area contributed by atoms with E-state index < -0.39 is 0 Å². The summed E-state index contributed by atoms with van der Waals surface area (Å²) < 4.78 is 12.9. The molecule has 0 aliphatic carbocycles. The topological polar surface area (TPSA) is 52.2 Å². The van der Waals surface area contributed by atoms with E-state index in [-0.39, 0.29) is 6.10 Å². The molecule has 2 aromatic heterocycles. The van der Waals surface area contributed by atoms with E-state index in [1.807, 2.05) is 23.9 Å². The Hall–Kier alpha value is -1.59. The van der Waals surface area contributed by atoms with Crippen molar-refractivity contribution in [1.82, 2.24) is 15.1 Å². The van der Waals surface area contributed by atoms with Crippen LogP contribution < -0.4 is 5.32 Å². The van der Waals surface area contributed by atoms with Gasteiger partial charge in [0.2, 0.25) is 0 Å². The number of hydrogen-bond donors (Lipinski definition) is 1. The highest BCUT2D eigenvalue weighted by atomic mass is 16.5. The molecule has 0 fully saturated rings. The van der Waals surface area contributed by atoms with Crippen molar-refractivity contribution in [3.05, 3.63) is 41.6 Å². The zero-order chi connectivity index (χ0) is 12.4. The summed E-state index contributed by atoms with van der Waals surface area (Å²) in [6.07, 6.45) is 4.77. The number of nitrogens with zero attached hydrogens (tertiary/aromatic N) is 2. The summed E-state index contributed by atoms with van der Waals surface area (Å²) in [4.78, 5) is 0. The van der Waals surface area contributed by atoms with Crippen molar-refractivity contribution in [3.63, 3.8) is 0 Å². The van der Waals surface area contributed by atoms with Crippen LogP contribution in [-0.2, 0) is 24.8 Å². The average molecular weight is 247 g/mol. The molecule has 2 aromatic rings. The Kier molecular flexibility index (Phi) is 3.17.